The topological polar surface area (TPSA) is 100 Å². The highest BCUT2D eigenvalue weighted by atomic mass is 35.5. The number of anilines is 2. The van der Waals surface area contributed by atoms with Crippen LogP contribution in [0.25, 0.3) is 17.3 Å². The summed E-state index contributed by atoms with van der Waals surface area (Å²) in [6, 6.07) is 28.7. The molecule has 1 aromatic heterocycles. The van der Waals surface area contributed by atoms with Crippen molar-refractivity contribution in [2.45, 2.75) is 30.9 Å². The van der Waals surface area contributed by atoms with Gasteiger partial charge in [0.1, 0.15) is 5.70 Å². The molecular formula is C36H30Cl2N4O3S2. The first kappa shape index (κ1) is 33.9. The number of nitrogens with zero attached hydrogens (tertiary/aromatic N) is 1. The maximum Gasteiger partial charge on any atom is 0.272 e. The molecule has 0 spiro atoms. The molecule has 5 rings (SSSR count). The van der Waals surface area contributed by atoms with E-state index in [1.165, 1.54) is 34.7 Å². The summed E-state index contributed by atoms with van der Waals surface area (Å²) >= 11 is 15.2. The fourth-order valence-corrected chi connectivity index (χ4v) is 6.59. The van der Waals surface area contributed by atoms with Gasteiger partial charge in [-0.05, 0) is 80.9 Å². The predicted octanol–water partition coefficient (Wildman–Crippen LogP) is 9.26. The molecule has 238 valence electrons. The van der Waals surface area contributed by atoms with E-state index in [1.807, 2.05) is 57.2 Å². The van der Waals surface area contributed by atoms with E-state index in [2.05, 4.69) is 20.9 Å². The van der Waals surface area contributed by atoms with Crippen molar-refractivity contribution in [1.82, 2.24) is 10.3 Å². The van der Waals surface area contributed by atoms with Crippen LogP contribution in [0.4, 0.5) is 10.8 Å². The third-order valence-corrected chi connectivity index (χ3v) is 9.50. The van der Waals surface area contributed by atoms with Crippen LogP contribution in [0.2, 0.25) is 10.0 Å². The third kappa shape index (κ3) is 9.11. The van der Waals surface area contributed by atoms with Crippen LogP contribution < -0.4 is 16.0 Å². The maximum absolute atomic E-state index is 13.4. The monoisotopic (exact) mass is 700 g/mol. The average molecular weight is 702 g/mol. The second-order valence-electron chi connectivity index (χ2n) is 10.6. The summed E-state index contributed by atoms with van der Waals surface area (Å²) in [5.74, 6) is -1.16. The molecule has 0 fully saturated rings. The summed E-state index contributed by atoms with van der Waals surface area (Å²) < 4.78 is 0. The Kier molecular flexibility index (Phi) is 11.2. The molecule has 3 amide bonds. The van der Waals surface area contributed by atoms with Gasteiger partial charge in [0, 0.05) is 36.6 Å². The third-order valence-electron chi connectivity index (χ3n) is 6.94. The molecule has 47 heavy (non-hydrogen) atoms. The summed E-state index contributed by atoms with van der Waals surface area (Å²) in [6.45, 7) is 5.85. The average Bonchev–Trinajstić information content (AvgIpc) is 3.42. The van der Waals surface area contributed by atoms with Crippen LogP contribution in [0.3, 0.4) is 0 Å². The van der Waals surface area contributed by atoms with Gasteiger partial charge in [0.15, 0.2) is 5.13 Å². The van der Waals surface area contributed by atoms with Crippen molar-refractivity contribution in [2.24, 2.45) is 0 Å². The number of aromatic nitrogens is 1. The second kappa shape index (κ2) is 15.5. The van der Waals surface area contributed by atoms with Crippen molar-refractivity contribution in [3.8, 4) is 11.3 Å². The molecule has 3 N–H and O–H groups in total. The summed E-state index contributed by atoms with van der Waals surface area (Å²) in [4.78, 5) is 45.8. The molecule has 0 aliphatic carbocycles. The summed E-state index contributed by atoms with van der Waals surface area (Å²) in [6.07, 6.45) is 1.49. The zero-order valence-electron chi connectivity index (χ0n) is 25.6. The van der Waals surface area contributed by atoms with Crippen molar-refractivity contribution in [3.63, 3.8) is 0 Å². The fraction of sp³-hybridized carbons (Fsp3) is 0.111. The molecule has 7 nitrogen and oxygen atoms in total. The van der Waals surface area contributed by atoms with E-state index < -0.39 is 17.1 Å². The Morgan fingerprint density at radius 2 is 1.57 bits per heavy atom. The van der Waals surface area contributed by atoms with Gasteiger partial charge in [-0.3, -0.25) is 14.4 Å². The number of hydrogen-bond donors (Lipinski definition) is 3. The molecule has 11 heteroatoms. The quantitative estimate of drug-likeness (QED) is 0.0996. The molecule has 4 aromatic carbocycles. The number of benzene rings is 4. The van der Waals surface area contributed by atoms with E-state index in [0.717, 1.165) is 21.0 Å². The lowest BCUT2D eigenvalue weighted by molar-refractivity contribution is -0.115. The molecule has 0 aliphatic rings. The minimum absolute atomic E-state index is 0.00483. The first-order chi connectivity index (χ1) is 22.5. The van der Waals surface area contributed by atoms with Crippen LogP contribution in [0.15, 0.2) is 108 Å². The number of rotatable bonds is 10. The summed E-state index contributed by atoms with van der Waals surface area (Å²) in [7, 11) is 0. The number of thioether (sulfide) groups is 1. The first-order valence-corrected chi connectivity index (χ1v) is 17.0. The van der Waals surface area contributed by atoms with Crippen LogP contribution >= 0.6 is 46.3 Å². The van der Waals surface area contributed by atoms with Crippen LogP contribution in [0.1, 0.15) is 33.3 Å². The normalized spacial score (nSPS) is 11.9. The van der Waals surface area contributed by atoms with Gasteiger partial charge in [-0.15, -0.1) is 23.1 Å². The zero-order chi connectivity index (χ0) is 33.5. The van der Waals surface area contributed by atoms with Gasteiger partial charge in [-0.25, -0.2) is 4.98 Å². The van der Waals surface area contributed by atoms with Crippen molar-refractivity contribution < 1.29 is 14.4 Å². The van der Waals surface area contributed by atoms with Crippen molar-refractivity contribution >= 4 is 80.9 Å². The number of nitrogens with one attached hydrogen (secondary N) is 3. The predicted molar refractivity (Wildman–Crippen MR) is 194 cm³/mol. The smallest absolute Gasteiger partial charge is 0.272 e. The van der Waals surface area contributed by atoms with Gasteiger partial charge in [-0.2, -0.15) is 0 Å². The van der Waals surface area contributed by atoms with Gasteiger partial charge in [0.2, 0.25) is 5.91 Å². The molecule has 1 unspecified atom stereocenters. The first-order valence-electron chi connectivity index (χ1n) is 14.5. The Balaban J connectivity index is 1.23. The van der Waals surface area contributed by atoms with Crippen LogP contribution in [0, 0.1) is 13.8 Å². The zero-order valence-corrected chi connectivity index (χ0v) is 28.8. The number of carbonyl (C=O) groups is 3. The minimum atomic E-state index is -0.544. The van der Waals surface area contributed by atoms with Crippen LogP contribution in [-0.2, 0) is 9.59 Å². The number of hydrogen-bond acceptors (Lipinski definition) is 6. The number of carbonyl (C=O) groups excluding carboxylic acids is 3. The Hall–Kier alpha value is -4.41. The largest absolute Gasteiger partial charge is 0.321 e. The van der Waals surface area contributed by atoms with E-state index >= 15 is 0 Å². The van der Waals surface area contributed by atoms with E-state index in [1.54, 1.807) is 60.7 Å². The Labute approximate surface area is 291 Å². The van der Waals surface area contributed by atoms with Crippen molar-refractivity contribution in [1.29, 1.82) is 0 Å². The molecule has 0 saturated carbocycles. The molecule has 5 aromatic rings. The SMILES string of the molecule is Cc1ccc(-c2nc(NC(=O)C(C)Sc3ccc(NC(=O)/C(=C/c4ccc(Cl)cc4Cl)NC(=O)c4ccccc4)cc3)sc2C)cc1. The molecule has 1 heterocycles. The van der Waals surface area contributed by atoms with Gasteiger partial charge < -0.3 is 16.0 Å². The van der Waals surface area contributed by atoms with Gasteiger partial charge in [0.25, 0.3) is 11.8 Å². The lowest BCUT2D eigenvalue weighted by atomic mass is 10.1. The molecular weight excluding hydrogens is 671 g/mol. The minimum Gasteiger partial charge on any atom is -0.321 e. The lowest BCUT2D eigenvalue weighted by Gasteiger charge is -2.13. The Morgan fingerprint density at radius 1 is 0.872 bits per heavy atom. The Bertz CT molecular complexity index is 1940. The van der Waals surface area contributed by atoms with Gasteiger partial charge in [-0.1, -0.05) is 77.3 Å². The van der Waals surface area contributed by atoms with E-state index in [0.29, 0.717) is 32.0 Å². The summed E-state index contributed by atoms with van der Waals surface area (Å²) in [5.41, 5.74) is 4.43. The van der Waals surface area contributed by atoms with Crippen molar-refractivity contribution in [3.05, 3.63) is 134 Å². The molecule has 0 radical (unpaired) electrons. The van der Waals surface area contributed by atoms with E-state index in [9.17, 15) is 14.4 Å². The fourth-order valence-electron chi connectivity index (χ4n) is 4.43. The number of amides is 3. The summed E-state index contributed by atoms with van der Waals surface area (Å²) in [5, 5.41) is 9.38. The van der Waals surface area contributed by atoms with Crippen molar-refractivity contribution in [2.75, 3.05) is 10.6 Å². The standard InChI is InChI=1S/C36H30Cl2N4O3S2/c1-21-9-11-24(12-10-21)32-22(2)47-36(41-32)42-33(43)23(3)46-29-17-15-28(16-18-29)39-35(45)31(19-26-13-14-27(37)20-30(26)38)40-34(44)25-7-5-4-6-8-25/h4-20,23H,1-3H3,(H,39,45)(H,40,44)(H,41,42,43)/b31-19-. The highest BCUT2D eigenvalue weighted by Crippen LogP contribution is 2.32. The number of halogens is 2. The molecule has 0 bridgehead atoms. The highest BCUT2D eigenvalue weighted by molar-refractivity contribution is 8.00. The Morgan fingerprint density at radius 3 is 2.26 bits per heavy atom. The van der Waals surface area contributed by atoms with Gasteiger partial charge >= 0.3 is 0 Å². The van der Waals surface area contributed by atoms with E-state index in [-0.39, 0.29) is 11.6 Å². The molecule has 0 saturated heterocycles. The molecule has 1 atom stereocenters. The number of aryl methyl sites for hydroxylation is 2. The van der Waals surface area contributed by atoms with E-state index in [4.69, 9.17) is 23.2 Å². The van der Waals surface area contributed by atoms with Crippen LogP contribution in [-0.4, -0.2) is 28.0 Å². The maximum atomic E-state index is 13.4. The van der Waals surface area contributed by atoms with Gasteiger partial charge in [0.05, 0.1) is 10.9 Å². The number of thiazole rings is 1. The van der Waals surface area contributed by atoms with Crippen LogP contribution in [0.5, 0.6) is 0 Å². The second-order valence-corrected chi connectivity index (χ2v) is 14.0. The molecule has 0 aliphatic heterocycles. The highest BCUT2D eigenvalue weighted by Gasteiger charge is 2.19. The lowest BCUT2D eigenvalue weighted by Crippen LogP contribution is -2.30.